The fraction of sp³-hybridized carbons (Fsp3) is 0.857. The third kappa shape index (κ3) is 15.9. The molecule has 0 saturated carbocycles. The minimum atomic E-state index is -0.426. The molecule has 0 heterocycles. The van der Waals surface area contributed by atoms with Gasteiger partial charge in [-0.3, -0.25) is 14.9 Å². The van der Waals surface area contributed by atoms with Crippen molar-refractivity contribution in [2.45, 2.75) is 33.7 Å². The largest absolute Gasteiger partial charge is 0.466 e. The first-order valence-electron chi connectivity index (χ1n) is 3.68. The van der Waals surface area contributed by atoms with Crippen LogP contribution >= 0.6 is 0 Å². The number of ether oxygens (including phenoxy) is 1. The van der Waals surface area contributed by atoms with Crippen molar-refractivity contribution in [3.8, 4) is 0 Å². The number of nitrogens with zero attached hydrogens (tertiary/aromatic N) is 1. The maximum absolute atomic E-state index is 9.82. The molecule has 12 heavy (non-hydrogen) atoms. The van der Waals surface area contributed by atoms with Crippen molar-refractivity contribution in [3.05, 3.63) is 10.1 Å². The molecule has 0 aromatic heterocycles. The van der Waals surface area contributed by atoms with E-state index in [1.165, 1.54) is 6.92 Å². The zero-order valence-corrected chi connectivity index (χ0v) is 7.86. The Morgan fingerprint density at radius 1 is 1.58 bits per heavy atom. The molecular weight excluding hydrogens is 162 g/mol. The predicted molar refractivity (Wildman–Crippen MR) is 44.4 cm³/mol. The average Bonchev–Trinajstić information content (AvgIpc) is 1.87. The van der Waals surface area contributed by atoms with E-state index < -0.39 is 6.04 Å². The molecular formula is C7H15NO4. The number of rotatable bonds is 2. The number of carbonyl (C=O) groups is 1. The second kappa shape index (κ2) is 7.97. The van der Waals surface area contributed by atoms with Crippen LogP contribution in [-0.4, -0.2) is 23.5 Å². The smallest absolute Gasteiger partial charge is 0.302 e. The van der Waals surface area contributed by atoms with E-state index in [2.05, 4.69) is 4.74 Å². The summed E-state index contributed by atoms with van der Waals surface area (Å²) < 4.78 is 4.40. The van der Waals surface area contributed by atoms with Crippen molar-refractivity contribution in [3.63, 3.8) is 0 Å². The molecule has 72 valence electrons. The lowest BCUT2D eigenvalue weighted by atomic mass is 10.4. The van der Waals surface area contributed by atoms with Crippen LogP contribution in [0.4, 0.5) is 0 Å². The maximum atomic E-state index is 9.82. The van der Waals surface area contributed by atoms with Crippen LogP contribution < -0.4 is 0 Å². The standard InChI is InChI=1S/C4H8O2.C3H7NO2/c1-3-6-4(2)5;1-3(2)4(5)6/h3H2,1-2H3;3H,1-2H3. The number of esters is 1. The van der Waals surface area contributed by atoms with Crippen molar-refractivity contribution in [2.24, 2.45) is 0 Å². The Morgan fingerprint density at radius 2 is 1.92 bits per heavy atom. The molecule has 0 aliphatic heterocycles. The van der Waals surface area contributed by atoms with Gasteiger partial charge in [0.1, 0.15) is 0 Å². The summed E-state index contributed by atoms with van der Waals surface area (Å²) in [5.41, 5.74) is 0. The summed E-state index contributed by atoms with van der Waals surface area (Å²) in [7, 11) is 0. The highest BCUT2D eigenvalue weighted by Crippen LogP contribution is 1.79. The Kier molecular flexibility index (Phi) is 8.94. The van der Waals surface area contributed by atoms with E-state index in [-0.39, 0.29) is 10.9 Å². The van der Waals surface area contributed by atoms with E-state index in [1.807, 2.05) is 0 Å². The van der Waals surface area contributed by atoms with E-state index in [0.29, 0.717) is 6.61 Å². The van der Waals surface area contributed by atoms with Gasteiger partial charge in [0.25, 0.3) is 0 Å². The lowest BCUT2D eigenvalue weighted by molar-refractivity contribution is -0.513. The third-order valence-corrected chi connectivity index (χ3v) is 0.769. The molecule has 0 saturated heterocycles. The monoisotopic (exact) mass is 177 g/mol. The lowest BCUT2D eigenvalue weighted by Gasteiger charge is -1.89. The van der Waals surface area contributed by atoms with Crippen LogP contribution in [0.15, 0.2) is 0 Å². The van der Waals surface area contributed by atoms with Gasteiger partial charge in [-0.15, -0.1) is 0 Å². The zero-order valence-electron chi connectivity index (χ0n) is 7.86. The third-order valence-electron chi connectivity index (χ3n) is 0.769. The van der Waals surface area contributed by atoms with Crippen LogP contribution in [0.1, 0.15) is 27.7 Å². The van der Waals surface area contributed by atoms with Crippen molar-refractivity contribution in [2.75, 3.05) is 6.61 Å². The summed E-state index contributed by atoms with van der Waals surface area (Å²) >= 11 is 0. The van der Waals surface area contributed by atoms with E-state index in [4.69, 9.17) is 0 Å². The van der Waals surface area contributed by atoms with Crippen LogP contribution in [-0.2, 0) is 9.53 Å². The fourth-order valence-electron chi connectivity index (χ4n) is 0.203. The van der Waals surface area contributed by atoms with Crippen molar-refractivity contribution in [1.82, 2.24) is 0 Å². The summed E-state index contributed by atoms with van der Waals surface area (Å²) in [4.78, 5) is 19.0. The fourth-order valence-corrected chi connectivity index (χ4v) is 0.203. The van der Waals surface area contributed by atoms with Crippen LogP contribution in [0.2, 0.25) is 0 Å². The number of nitro groups is 1. The van der Waals surface area contributed by atoms with Crippen LogP contribution in [0.3, 0.4) is 0 Å². The molecule has 5 heteroatoms. The molecule has 0 aliphatic rings. The van der Waals surface area contributed by atoms with E-state index in [9.17, 15) is 14.9 Å². The molecule has 0 aliphatic carbocycles. The van der Waals surface area contributed by atoms with Gasteiger partial charge in [-0.05, 0) is 6.92 Å². The predicted octanol–water partition coefficient (Wildman–Crippen LogP) is 1.24. The highest BCUT2D eigenvalue weighted by molar-refractivity contribution is 5.65. The summed E-state index contributed by atoms with van der Waals surface area (Å²) in [5, 5.41) is 9.50. The molecule has 0 amide bonds. The molecule has 0 atom stereocenters. The highest BCUT2D eigenvalue weighted by Gasteiger charge is 1.99. The molecule has 0 bridgehead atoms. The highest BCUT2D eigenvalue weighted by atomic mass is 16.6. The quantitative estimate of drug-likeness (QED) is 0.361. The van der Waals surface area contributed by atoms with Crippen molar-refractivity contribution >= 4 is 5.97 Å². The van der Waals surface area contributed by atoms with Gasteiger partial charge in [-0.2, -0.15) is 0 Å². The molecule has 0 rings (SSSR count). The SMILES string of the molecule is CC(C)[N+](=O)[O-].CCOC(C)=O. The first-order chi connectivity index (χ1) is 5.41. The van der Waals surface area contributed by atoms with Gasteiger partial charge < -0.3 is 4.74 Å². The molecule has 0 N–H and O–H groups in total. The summed E-state index contributed by atoms with van der Waals surface area (Å²) in [6, 6.07) is -0.426. The van der Waals surface area contributed by atoms with Crippen LogP contribution in [0.25, 0.3) is 0 Å². The molecule has 0 aromatic carbocycles. The van der Waals surface area contributed by atoms with E-state index in [1.54, 1.807) is 20.8 Å². The normalized spacial score (nSPS) is 8.42. The Hall–Kier alpha value is -1.13. The maximum Gasteiger partial charge on any atom is 0.302 e. The van der Waals surface area contributed by atoms with Gasteiger partial charge >= 0.3 is 5.97 Å². The minimum absolute atomic E-state index is 0.211. The lowest BCUT2D eigenvalue weighted by Crippen LogP contribution is -2.08. The van der Waals surface area contributed by atoms with E-state index in [0.717, 1.165) is 0 Å². The van der Waals surface area contributed by atoms with Crippen LogP contribution in [0.5, 0.6) is 0 Å². The Labute approximate surface area is 71.9 Å². The second-order valence-corrected chi connectivity index (χ2v) is 2.30. The molecule has 0 aromatic rings. The molecule has 0 fully saturated rings. The Morgan fingerprint density at radius 3 is 1.92 bits per heavy atom. The van der Waals surface area contributed by atoms with Gasteiger partial charge in [-0.25, -0.2) is 0 Å². The summed E-state index contributed by atoms with van der Waals surface area (Å²) in [5.74, 6) is -0.211. The second-order valence-electron chi connectivity index (χ2n) is 2.30. The zero-order chi connectivity index (χ0) is 10.1. The van der Waals surface area contributed by atoms with Gasteiger partial charge in [0, 0.05) is 25.7 Å². The number of carbonyl (C=O) groups excluding carboxylic acids is 1. The summed E-state index contributed by atoms with van der Waals surface area (Å²) in [6.45, 7) is 6.74. The van der Waals surface area contributed by atoms with Crippen LogP contribution in [0, 0.1) is 10.1 Å². The van der Waals surface area contributed by atoms with Gasteiger partial charge in [-0.1, -0.05) is 0 Å². The number of hydrogen-bond donors (Lipinski definition) is 0. The minimum Gasteiger partial charge on any atom is -0.466 e. The van der Waals surface area contributed by atoms with Crippen molar-refractivity contribution < 1.29 is 14.5 Å². The first kappa shape index (κ1) is 13.5. The summed E-state index contributed by atoms with van der Waals surface area (Å²) in [6.07, 6.45) is 0. The molecule has 0 radical (unpaired) electrons. The average molecular weight is 177 g/mol. The topological polar surface area (TPSA) is 69.4 Å². The van der Waals surface area contributed by atoms with Gasteiger partial charge in [0.15, 0.2) is 0 Å². The van der Waals surface area contributed by atoms with E-state index >= 15 is 0 Å². The molecule has 0 unspecified atom stereocenters. The van der Waals surface area contributed by atoms with Gasteiger partial charge in [0.2, 0.25) is 6.04 Å². The van der Waals surface area contributed by atoms with Crippen molar-refractivity contribution in [1.29, 1.82) is 0 Å². The molecule has 0 spiro atoms. The Balaban J connectivity index is 0. The first-order valence-corrected chi connectivity index (χ1v) is 3.68. The molecule has 5 nitrogen and oxygen atoms in total. The number of hydrogen-bond acceptors (Lipinski definition) is 4. The Bertz CT molecular complexity index is 144. The van der Waals surface area contributed by atoms with Gasteiger partial charge in [0.05, 0.1) is 6.61 Å².